The van der Waals surface area contributed by atoms with E-state index in [4.69, 9.17) is 15.6 Å². The maximum Gasteiger partial charge on any atom is 0.340 e. The Morgan fingerprint density at radius 3 is 2.57 bits per heavy atom. The Kier molecular flexibility index (Phi) is 6.32. The molecule has 0 saturated carbocycles. The molecule has 2 aromatic carbocycles. The first-order valence-corrected chi connectivity index (χ1v) is 8.59. The van der Waals surface area contributed by atoms with Gasteiger partial charge in [0.2, 0.25) is 11.9 Å². The van der Waals surface area contributed by atoms with Gasteiger partial charge in [-0.2, -0.15) is 15.0 Å². The van der Waals surface area contributed by atoms with Crippen molar-refractivity contribution in [2.45, 2.75) is 6.61 Å². The number of aliphatic hydroxyl groups excluding tert-OH is 1. The van der Waals surface area contributed by atoms with Crippen molar-refractivity contribution in [1.29, 1.82) is 0 Å². The van der Waals surface area contributed by atoms with Crippen molar-refractivity contribution >= 4 is 29.2 Å². The zero-order chi connectivity index (χ0) is 19.8. The van der Waals surface area contributed by atoms with E-state index in [-0.39, 0.29) is 30.9 Å². The number of rotatable bonds is 8. The number of aliphatic hydroxyl groups is 1. The van der Waals surface area contributed by atoms with Crippen LogP contribution in [0.5, 0.6) is 0 Å². The summed E-state index contributed by atoms with van der Waals surface area (Å²) in [6.07, 6.45) is 0. The van der Waals surface area contributed by atoms with Crippen LogP contribution in [-0.2, 0) is 11.3 Å². The number of benzene rings is 2. The maximum atomic E-state index is 12.4. The van der Waals surface area contributed by atoms with Crippen LogP contribution in [0.25, 0.3) is 0 Å². The van der Waals surface area contributed by atoms with Crippen molar-refractivity contribution in [2.75, 3.05) is 29.5 Å². The van der Waals surface area contributed by atoms with Crippen molar-refractivity contribution in [3.63, 3.8) is 0 Å². The van der Waals surface area contributed by atoms with Crippen LogP contribution in [0.4, 0.5) is 23.3 Å². The zero-order valence-electron chi connectivity index (χ0n) is 15.0. The fourth-order valence-corrected chi connectivity index (χ4v) is 2.42. The molecule has 0 aliphatic heterocycles. The van der Waals surface area contributed by atoms with Crippen LogP contribution in [0, 0.1) is 0 Å². The van der Waals surface area contributed by atoms with Gasteiger partial charge in [0.25, 0.3) is 0 Å². The average Bonchev–Trinajstić information content (AvgIpc) is 2.71. The van der Waals surface area contributed by atoms with Gasteiger partial charge in [-0.15, -0.1) is 0 Å². The molecule has 0 spiro atoms. The molecule has 5 N–H and O–H groups in total. The highest BCUT2D eigenvalue weighted by molar-refractivity contribution is 5.95. The summed E-state index contributed by atoms with van der Waals surface area (Å²) in [4.78, 5) is 24.7. The number of nitrogens with two attached hydrogens (primary N) is 1. The smallest absolute Gasteiger partial charge is 0.340 e. The summed E-state index contributed by atoms with van der Waals surface area (Å²) in [5.41, 5.74) is 7.44. The summed E-state index contributed by atoms with van der Waals surface area (Å²) < 4.78 is 5.32. The third-order valence-electron chi connectivity index (χ3n) is 3.64. The van der Waals surface area contributed by atoms with Gasteiger partial charge < -0.3 is 26.2 Å². The lowest BCUT2D eigenvalue weighted by atomic mass is 10.2. The molecule has 0 amide bonds. The third-order valence-corrected chi connectivity index (χ3v) is 3.64. The van der Waals surface area contributed by atoms with Crippen molar-refractivity contribution in [2.24, 2.45) is 0 Å². The summed E-state index contributed by atoms with van der Waals surface area (Å²) in [6.45, 7) is 0.108. The normalized spacial score (nSPS) is 10.3. The van der Waals surface area contributed by atoms with Gasteiger partial charge in [-0.25, -0.2) is 4.79 Å². The first-order valence-electron chi connectivity index (χ1n) is 8.59. The van der Waals surface area contributed by atoms with E-state index in [0.29, 0.717) is 17.8 Å². The second-order valence-electron chi connectivity index (χ2n) is 5.70. The number of carbonyl (C=O) groups is 1. The molecule has 0 radical (unpaired) electrons. The molecule has 3 rings (SSSR count). The molecule has 1 aromatic heterocycles. The number of aromatic nitrogens is 3. The SMILES string of the molecule is Nc1nc(COC(=O)c2ccccc2NCCO)nc(Nc2ccccc2)n1. The van der Waals surface area contributed by atoms with Crippen LogP contribution >= 0.6 is 0 Å². The minimum absolute atomic E-state index is 0.0180. The molecule has 3 aromatic rings. The number of nitrogens with one attached hydrogen (secondary N) is 2. The summed E-state index contributed by atoms with van der Waals surface area (Å²) >= 11 is 0. The predicted octanol–water partition coefficient (Wildman–Crippen LogP) is 1.96. The Morgan fingerprint density at radius 1 is 1.04 bits per heavy atom. The van der Waals surface area contributed by atoms with Crippen LogP contribution in [0.1, 0.15) is 16.2 Å². The quantitative estimate of drug-likeness (QED) is 0.432. The van der Waals surface area contributed by atoms with E-state index < -0.39 is 5.97 Å². The Balaban J connectivity index is 1.68. The van der Waals surface area contributed by atoms with Crippen LogP contribution in [-0.4, -0.2) is 39.2 Å². The number of esters is 1. The topological polar surface area (TPSA) is 135 Å². The summed E-state index contributed by atoms with van der Waals surface area (Å²) in [5, 5.41) is 14.9. The number of anilines is 4. The van der Waals surface area contributed by atoms with Gasteiger partial charge in [0.05, 0.1) is 12.2 Å². The van der Waals surface area contributed by atoms with Gasteiger partial charge in [-0.05, 0) is 24.3 Å². The van der Waals surface area contributed by atoms with Gasteiger partial charge in [0.1, 0.15) is 0 Å². The fraction of sp³-hybridized carbons (Fsp3) is 0.158. The minimum Gasteiger partial charge on any atom is -0.454 e. The van der Waals surface area contributed by atoms with Crippen molar-refractivity contribution < 1.29 is 14.6 Å². The lowest BCUT2D eigenvalue weighted by Crippen LogP contribution is -2.14. The first kappa shape index (κ1) is 19.1. The van der Waals surface area contributed by atoms with E-state index in [1.807, 2.05) is 30.3 Å². The molecule has 0 aliphatic rings. The van der Waals surface area contributed by atoms with Gasteiger partial charge >= 0.3 is 5.97 Å². The third kappa shape index (κ3) is 5.15. The summed E-state index contributed by atoms with van der Waals surface area (Å²) in [5.74, 6) is -0.0445. The highest BCUT2D eigenvalue weighted by Gasteiger charge is 2.14. The van der Waals surface area contributed by atoms with Crippen LogP contribution in [0.2, 0.25) is 0 Å². The molecule has 0 bridgehead atoms. The maximum absolute atomic E-state index is 12.4. The molecule has 9 heteroatoms. The van der Waals surface area contributed by atoms with E-state index in [1.165, 1.54) is 0 Å². The second kappa shape index (κ2) is 9.28. The molecule has 0 atom stereocenters. The van der Waals surface area contributed by atoms with Gasteiger partial charge in [0, 0.05) is 17.9 Å². The fourth-order valence-electron chi connectivity index (χ4n) is 2.42. The minimum atomic E-state index is -0.544. The monoisotopic (exact) mass is 380 g/mol. The Labute approximate surface area is 161 Å². The average molecular weight is 380 g/mol. The highest BCUT2D eigenvalue weighted by atomic mass is 16.5. The number of para-hydroxylation sites is 2. The van der Waals surface area contributed by atoms with Crippen LogP contribution in [0.3, 0.4) is 0 Å². The number of nitrogens with zero attached hydrogens (tertiary/aromatic N) is 3. The van der Waals surface area contributed by atoms with E-state index in [0.717, 1.165) is 5.69 Å². The Morgan fingerprint density at radius 2 is 1.79 bits per heavy atom. The van der Waals surface area contributed by atoms with E-state index in [2.05, 4.69) is 25.6 Å². The number of hydrogen-bond donors (Lipinski definition) is 4. The van der Waals surface area contributed by atoms with Crippen LogP contribution in [0.15, 0.2) is 54.6 Å². The van der Waals surface area contributed by atoms with Gasteiger partial charge in [0.15, 0.2) is 12.4 Å². The molecule has 0 aliphatic carbocycles. The highest BCUT2D eigenvalue weighted by Crippen LogP contribution is 2.17. The number of nitrogen functional groups attached to an aromatic ring is 1. The molecule has 1 heterocycles. The predicted molar refractivity (Wildman–Crippen MR) is 105 cm³/mol. The van der Waals surface area contributed by atoms with Crippen molar-refractivity contribution in [1.82, 2.24) is 15.0 Å². The second-order valence-corrected chi connectivity index (χ2v) is 5.70. The van der Waals surface area contributed by atoms with Crippen molar-refractivity contribution in [3.8, 4) is 0 Å². The largest absolute Gasteiger partial charge is 0.454 e. The zero-order valence-corrected chi connectivity index (χ0v) is 15.0. The number of hydrogen-bond acceptors (Lipinski definition) is 9. The molecule has 0 fully saturated rings. The van der Waals surface area contributed by atoms with E-state index >= 15 is 0 Å². The summed E-state index contributed by atoms with van der Waals surface area (Å²) in [6, 6.07) is 16.2. The number of ether oxygens (including phenoxy) is 1. The molecule has 144 valence electrons. The number of carbonyl (C=O) groups excluding carboxylic acids is 1. The van der Waals surface area contributed by atoms with E-state index in [9.17, 15) is 4.79 Å². The standard InChI is InChI=1S/C19H20N6O3/c20-18-23-16(24-19(25-18)22-13-6-2-1-3-7-13)12-28-17(27)14-8-4-5-9-15(14)21-10-11-26/h1-9,21,26H,10-12H2,(H3,20,22,23,24,25). The van der Waals surface area contributed by atoms with Gasteiger partial charge in [-0.1, -0.05) is 30.3 Å². The Hall–Kier alpha value is -3.72. The molecule has 9 nitrogen and oxygen atoms in total. The Bertz CT molecular complexity index is 936. The lowest BCUT2D eigenvalue weighted by molar-refractivity contribution is 0.0463. The molecular formula is C19H20N6O3. The molecule has 28 heavy (non-hydrogen) atoms. The van der Waals surface area contributed by atoms with E-state index in [1.54, 1.807) is 24.3 Å². The van der Waals surface area contributed by atoms with Gasteiger partial charge in [-0.3, -0.25) is 0 Å². The molecule has 0 unspecified atom stereocenters. The first-order chi connectivity index (χ1) is 13.7. The van der Waals surface area contributed by atoms with Crippen molar-refractivity contribution in [3.05, 3.63) is 66.0 Å². The lowest BCUT2D eigenvalue weighted by Gasteiger charge is -2.11. The molecular weight excluding hydrogens is 360 g/mol. The summed E-state index contributed by atoms with van der Waals surface area (Å²) in [7, 11) is 0. The van der Waals surface area contributed by atoms with Crippen LogP contribution < -0.4 is 16.4 Å². The molecule has 0 saturated heterocycles.